The Labute approximate surface area is 125 Å². The number of rotatable bonds is 6. The van der Waals surface area contributed by atoms with E-state index in [1.807, 2.05) is 42.5 Å². The zero-order valence-electron chi connectivity index (χ0n) is 11.7. The van der Waals surface area contributed by atoms with Gasteiger partial charge in [0.25, 0.3) is 0 Å². The highest BCUT2D eigenvalue weighted by atomic mass is 32.2. The van der Waals surface area contributed by atoms with Crippen molar-refractivity contribution in [2.45, 2.75) is 30.4 Å². The molecule has 0 heterocycles. The quantitative estimate of drug-likeness (QED) is 0.803. The van der Waals surface area contributed by atoms with E-state index in [0.29, 0.717) is 12.2 Å². The Morgan fingerprint density at radius 3 is 2.40 bits per heavy atom. The summed E-state index contributed by atoms with van der Waals surface area (Å²) in [6.07, 6.45) is 0.205. The van der Waals surface area contributed by atoms with Gasteiger partial charge >= 0.3 is 0 Å². The molecule has 2 unspecified atom stereocenters. The number of aliphatic hydroxyl groups is 1. The number of hydrogen-bond acceptors (Lipinski definition) is 3. The van der Waals surface area contributed by atoms with Gasteiger partial charge in [0.05, 0.1) is 6.10 Å². The largest absolute Gasteiger partial charge is 0.391 e. The van der Waals surface area contributed by atoms with Crippen LogP contribution in [0.3, 0.4) is 0 Å². The number of benzene rings is 2. The van der Waals surface area contributed by atoms with Crippen LogP contribution < -0.4 is 5.73 Å². The first-order valence-corrected chi connectivity index (χ1v) is 7.81. The number of aryl methyl sites for hydroxylation is 1. The smallest absolute Gasteiger partial charge is 0.0788 e. The first-order chi connectivity index (χ1) is 9.66. The first-order valence-electron chi connectivity index (χ1n) is 6.83. The third-order valence-corrected chi connectivity index (χ3v) is 4.59. The molecule has 2 nitrogen and oxygen atoms in total. The van der Waals surface area contributed by atoms with Gasteiger partial charge in [-0.2, -0.15) is 0 Å². The molecule has 0 saturated heterocycles. The van der Waals surface area contributed by atoms with Crippen LogP contribution in [0.4, 0.5) is 0 Å². The lowest BCUT2D eigenvalue weighted by Crippen LogP contribution is -2.38. The van der Waals surface area contributed by atoms with Crippen LogP contribution in [0.15, 0.2) is 59.5 Å². The van der Waals surface area contributed by atoms with Gasteiger partial charge in [0.1, 0.15) is 0 Å². The molecule has 0 radical (unpaired) electrons. The summed E-state index contributed by atoms with van der Waals surface area (Å²) >= 11 is 1.66. The van der Waals surface area contributed by atoms with Crippen molar-refractivity contribution in [1.29, 1.82) is 0 Å². The Kier molecular flexibility index (Phi) is 5.65. The van der Waals surface area contributed by atoms with E-state index >= 15 is 0 Å². The van der Waals surface area contributed by atoms with E-state index in [2.05, 4.69) is 19.1 Å². The van der Waals surface area contributed by atoms with Gasteiger partial charge in [-0.3, -0.25) is 0 Å². The van der Waals surface area contributed by atoms with Crippen molar-refractivity contribution >= 4 is 11.8 Å². The lowest BCUT2D eigenvalue weighted by molar-refractivity contribution is 0.167. The van der Waals surface area contributed by atoms with Crippen molar-refractivity contribution in [2.24, 2.45) is 5.73 Å². The number of thioether (sulfide) groups is 1. The number of aliphatic hydroxyl groups excluding tert-OH is 1. The number of hydrogen-bond donors (Lipinski definition) is 2. The van der Waals surface area contributed by atoms with Gasteiger partial charge in [-0.05, 0) is 30.5 Å². The molecule has 0 aliphatic rings. The molecule has 0 aromatic heterocycles. The van der Waals surface area contributed by atoms with Crippen LogP contribution in [-0.2, 0) is 6.42 Å². The number of nitrogens with two attached hydrogens (primary N) is 1. The maximum atomic E-state index is 10.2. The van der Waals surface area contributed by atoms with Gasteiger partial charge in [-0.25, -0.2) is 0 Å². The van der Waals surface area contributed by atoms with Crippen LogP contribution in [0, 0.1) is 6.92 Å². The van der Waals surface area contributed by atoms with E-state index in [9.17, 15) is 5.11 Å². The maximum absolute atomic E-state index is 10.2. The maximum Gasteiger partial charge on any atom is 0.0788 e. The summed E-state index contributed by atoms with van der Waals surface area (Å²) in [5.74, 6) is 0.624. The van der Waals surface area contributed by atoms with Crippen LogP contribution in [0.25, 0.3) is 0 Å². The molecule has 2 atom stereocenters. The van der Waals surface area contributed by atoms with Gasteiger partial charge in [-0.1, -0.05) is 48.5 Å². The molecule has 2 rings (SSSR count). The standard InChI is InChI=1S/C17H21NOS/c1-13-7-5-6-10-17(13)20-12-16(19)15(18)11-14-8-3-2-4-9-14/h2-10,15-16,19H,11-12,18H2,1H3. The summed E-state index contributed by atoms with van der Waals surface area (Å²) in [7, 11) is 0. The third-order valence-electron chi connectivity index (χ3n) is 3.31. The van der Waals surface area contributed by atoms with Crippen LogP contribution in [0.2, 0.25) is 0 Å². The summed E-state index contributed by atoms with van der Waals surface area (Å²) in [6.45, 7) is 2.08. The predicted octanol–water partition coefficient (Wildman–Crippen LogP) is 3.02. The fourth-order valence-corrected chi connectivity index (χ4v) is 3.11. The van der Waals surface area contributed by atoms with Crippen molar-refractivity contribution in [2.75, 3.05) is 5.75 Å². The zero-order valence-corrected chi connectivity index (χ0v) is 12.5. The van der Waals surface area contributed by atoms with Gasteiger partial charge in [-0.15, -0.1) is 11.8 Å². The molecule has 3 N–H and O–H groups in total. The Bertz CT molecular complexity index is 530. The van der Waals surface area contributed by atoms with Crippen LogP contribution >= 0.6 is 11.8 Å². The Morgan fingerprint density at radius 2 is 1.70 bits per heavy atom. The van der Waals surface area contributed by atoms with E-state index < -0.39 is 6.10 Å². The minimum absolute atomic E-state index is 0.228. The van der Waals surface area contributed by atoms with Gasteiger partial charge in [0.2, 0.25) is 0 Å². The monoisotopic (exact) mass is 287 g/mol. The highest BCUT2D eigenvalue weighted by Crippen LogP contribution is 2.23. The summed E-state index contributed by atoms with van der Waals surface area (Å²) in [6, 6.07) is 18.0. The molecular weight excluding hydrogens is 266 g/mol. The molecule has 0 amide bonds. The molecule has 2 aromatic rings. The summed E-state index contributed by atoms with van der Waals surface area (Å²) in [5.41, 5.74) is 8.49. The Balaban J connectivity index is 1.85. The topological polar surface area (TPSA) is 46.2 Å². The molecule has 0 aliphatic heterocycles. The molecule has 0 spiro atoms. The highest BCUT2D eigenvalue weighted by molar-refractivity contribution is 7.99. The molecular formula is C17H21NOS. The second kappa shape index (κ2) is 7.48. The fourth-order valence-electron chi connectivity index (χ4n) is 2.04. The second-order valence-electron chi connectivity index (χ2n) is 5.00. The van der Waals surface area contributed by atoms with E-state index in [4.69, 9.17) is 5.73 Å². The molecule has 0 fully saturated rings. The fraction of sp³-hybridized carbons (Fsp3) is 0.294. The van der Waals surface area contributed by atoms with E-state index in [-0.39, 0.29) is 6.04 Å². The molecule has 106 valence electrons. The van der Waals surface area contributed by atoms with Gasteiger partial charge < -0.3 is 10.8 Å². The average Bonchev–Trinajstić information content (AvgIpc) is 2.47. The van der Waals surface area contributed by atoms with Crippen molar-refractivity contribution in [1.82, 2.24) is 0 Å². The third kappa shape index (κ3) is 4.37. The minimum Gasteiger partial charge on any atom is -0.391 e. The summed E-state index contributed by atoms with van der Waals surface area (Å²) < 4.78 is 0. The normalized spacial score (nSPS) is 13.9. The van der Waals surface area contributed by atoms with Gasteiger partial charge in [0.15, 0.2) is 0 Å². The molecule has 0 saturated carbocycles. The first kappa shape index (κ1) is 15.1. The Morgan fingerprint density at radius 1 is 1.05 bits per heavy atom. The molecule has 0 aliphatic carbocycles. The van der Waals surface area contributed by atoms with Crippen molar-refractivity contribution in [3.05, 3.63) is 65.7 Å². The second-order valence-corrected chi connectivity index (χ2v) is 6.06. The van der Waals surface area contributed by atoms with Crippen LogP contribution in [-0.4, -0.2) is 23.0 Å². The summed E-state index contributed by atoms with van der Waals surface area (Å²) in [5, 5.41) is 10.2. The van der Waals surface area contributed by atoms with Crippen molar-refractivity contribution < 1.29 is 5.11 Å². The van der Waals surface area contributed by atoms with Crippen LogP contribution in [0.5, 0.6) is 0 Å². The molecule has 20 heavy (non-hydrogen) atoms. The zero-order chi connectivity index (χ0) is 14.4. The van der Waals surface area contributed by atoms with Crippen LogP contribution in [0.1, 0.15) is 11.1 Å². The van der Waals surface area contributed by atoms with Crippen molar-refractivity contribution in [3.8, 4) is 0 Å². The minimum atomic E-state index is -0.500. The van der Waals surface area contributed by atoms with E-state index in [0.717, 1.165) is 0 Å². The van der Waals surface area contributed by atoms with E-state index in [1.54, 1.807) is 11.8 Å². The average molecular weight is 287 g/mol. The highest BCUT2D eigenvalue weighted by Gasteiger charge is 2.15. The predicted molar refractivity (Wildman–Crippen MR) is 86.0 cm³/mol. The summed E-state index contributed by atoms with van der Waals surface area (Å²) in [4.78, 5) is 1.21. The van der Waals surface area contributed by atoms with Gasteiger partial charge in [0, 0.05) is 16.7 Å². The Hall–Kier alpha value is -1.29. The van der Waals surface area contributed by atoms with E-state index in [1.165, 1.54) is 16.0 Å². The lowest BCUT2D eigenvalue weighted by atomic mass is 10.0. The lowest BCUT2D eigenvalue weighted by Gasteiger charge is -2.19. The van der Waals surface area contributed by atoms with Crippen molar-refractivity contribution in [3.63, 3.8) is 0 Å². The molecule has 3 heteroatoms. The SMILES string of the molecule is Cc1ccccc1SCC(O)C(N)Cc1ccccc1. The molecule has 2 aromatic carbocycles. The molecule has 0 bridgehead atoms.